The van der Waals surface area contributed by atoms with Crippen LogP contribution in [0.15, 0.2) is 40.3 Å². The first kappa shape index (κ1) is 14.9. The van der Waals surface area contributed by atoms with Gasteiger partial charge in [-0.25, -0.2) is 4.98 Å². The van der Waals surface area contributed by atoms with Gasteiger partial charge in [0.2, 0.25) is 0 Å². The maximum absolute atomic E-state index is 11.2. The van der Waals surface area contributed by atoms with Gasteiger partial charge in [-0.3, -0.25) is 4.79 Å². The quantitative estimate of drug-likeness (QED) is 0.479. The van der Waals surface area contributed by atoms with E-state index in [1.165, 1.54) is 17.8 Å². The first-order chi connectivity index (χ1) is 10.2. The number of nitrogens with two attached hydrogens (primary N) is 1. The van der Waals surface area contributed by atoms with E-state index >= 15 is 0 Å². The molecule has 0 atom stereocenters. The summed E-state index contributed by atoms with van der Waals surface area (Å²) >= 11 is 1.41. The molecule has 1 aromatic heterocycles. The van der Waals surface area contributed by atoms with Gasteiger partial charge in [0.25, 0.3) is 5.56 Å². The summed E-state index contributed by atoms with van der Waals surface area (Å²) in [6.45, 7) is 0.522. The van der Waals surface area contributed by atoms with E-state index in [1.807, 2.05) is 6.07 Å². The van der Waals surface area contributed by atoms with Crippen LogP contribution in [0.4, 0.5) is 5.82 Å². The van der Waals surface area contributed by atoms with E-state index in [9.17, 15) is 4.79 Å². The van der Waals surface area contributed by atoms with Crippen LogP contribution in [0.25, 0.3) is 0 Å². The van der Waals surface area contributed by atoms with Gasteiger partial charge in [-0.1, -0.05) is 17.8 Å². The molecule has 2 aromatic rings. The molecule has 108 valence electrons. The number of aromatic amines is 1. The highest BCUT2D eigenvalue weighted by Gasteiger charge is 2.00. The molecule has 0 saturated heterocycles. The minimum Gasteiger partial charge on any atom is -0.494 e. The molecule has 7 heteroatoms. The lowest BCUT2D eigenvalue weighted by atomic mass is 10.2. The summed E-state index contributed by atoms with van der Waals surface area (Å²) < 4.78 is 5.55. The van der Waals surface area contributed by atoms with Crippen LogP contribution in [0.3, 0.4) is 0 Å². The molecule has 0 aliphatic heterocycles. The fraction of sp³-hybridized carbons (Fsp3) is 0.214. The smallest absolute Gasteiger partial charge is 0.253 e. The Morgan fingerprint density at radius 2 is 2.29 bits per heavy atom. The molecule has 0 aliphatic carbocycles. The van der Waals surface area contributed by atoms with Crippen molar-refractivity contribution in [1.29, 1.82) is 5.26 Å². The zero-order chi connectivity index (χ0) is 15.1. The molecule has 2 rings (SSSR count). The number of rotatable bonds is 6. The van der Waals surface area contributed by atoms with Gasteiger partial charge in [0.15, 0.2) is 5.16 Å². The third kappa shape index (κ3) is 4.85. The lowest BCUT2D eigenvalue weighted by Crippen LogP contribution is -2.09. The van der Waals surface area contributed by atoms with Crippen molar-refractivity contribution < 1.29 is 4.74 Å². The number of hydrogen-bond acceptors (Lipinski definition) is 6. The number of H-pyrrole nitrogens is 1. The van der Waals surface area contributed by atoms with Gasteiger partial charge in [0, 0.05) is 11.8 Å². The molecule has 21 heavy (non-hydrogen) atoms. The number of nitrogen functional groups attached to an aromatic ring is 1. The van der Waals surface area contributed by atoms with Crippen LogP contribution < -0.4 is 16.0 Å². The van der Waals surface area contributed by atoms with Crippen molar-refractivity contribution in [3.63, 3.8) is 0 Å². The average molecular weight is 302 g/mol. The summed E-state index contributed by atoms with van der Waals surface area (Å²) in [4.78, 5) is 17.8. The highest BCUT2D eigenvalue weighted by Crippen LogP contribution is 2.15. The van der Waals surface area contributed by atoms with Gasteiger partial charge >= 0.3 is 0 Å². The van der Waals surface area contributed by atoms with Gasteiger partial charge in [0.1, 0.15) is 11.6 Å². The molecular formula is C14H14N4O2S. The second kappa shape index (κ2) is 7.36. The van der Waals surface area contributed by atoms with Crippen molar-refractivity contribution in [2.75, 3.05) is 18.1 Å². The van der Waals surface area contributed by atoms with E-state index in [0.717, 1.165) is 12.2 Å². The van der Waals surface area contributed by atoms with Gasteiger partial charge in [-0.15, -0.1) is 0 Å². The Kier molecular flexibility index (Phi) is 5.23. The second-order valence-corrected chi connectivity index (χ2v) is 5.25. The number of ether oxygens (including phenoxy) is 1. The summed E-state index contributed by atoms with van der Waals surface area (Å²) in [6, 6.07) is 10.3. The number of hydrogen-bond donors (Lipinski definition) is 2. The number of nitrogens with one attached hydrogen (secondary N) is 1. The summed E-state index contributed by atoms with van der Waals surface area (Å²) in [6.07, 6.45) is 0.778. The second-order valence-electron chi connectivity index (χ2n) is 4.17. The number of anilines is 1. The van der Waals surface area contributed by atoms with Crippen molar-refractivity contribution in [3.05, 3.63) is 46.2 Å². The van der Waals surface area contributed by atoms with Crippen LogP contribution in [-0.4, -0.2) is 22.3 Å². The van der Waals surface area contributed by atoms with Gasteiger partial charge < -0.3 is 15.5 Å². The summed E-state index contributed by atoms with van der Waals surface area (Å²) in [7, 11) is 0. The average Bonchev–Trinajstić information content (AvgIpc) is 2.46. The van der Waals surface area contributed by atoms with Gasteiger partial charge in [-0.2, -0.15) is 5.26 Å². The van der Waals surface area contributed by atoms with Gasteiger partial charge in [-0.05, 0) is 24.6 Å². The predicted molar refractivity (Wildman–Crippen MR) is 81.3 cm³/mol. The number of nitrogens with zero attached hydrogens (tertiary/aromatic N) is 2. The minimum atomic E-state index is -0.255. The first-order valence-corrected chi connectivity index (χ1v) is 7.28. The van der Waals surface area contributed by atoms with Crippen molar-refractivity contribution in [2.45, 2.75) is 11.6 Å². The topological polar surface area (TPSA) is 105 Å². The van der Waals surface area contributed by atoms with Crippen LogP contribution in [0.2, 0.25) is 0 Å². The molecule has 1 heterocycles. The molecule has 1 aromatic carbocycles. The highest BCUT2D eigenvalue weighted by molar-refractivity contribution is 7.99. The third-order valence-corrected chi connectivity index (χ3v) is 3.46. The zero-order valence-corrected chi connectivity index (χ0v) is 12.0. The number of aromatic nitrogens is 2. The standard InChI is InChI=1S/C14H14N4O2S/c15-9-10-3-1-4-11(7-10)20-5-2-6-21-14-17-12(16)8-13(19)18-14/h1,3-4,7-8H,2,5-6H2,(H3,16,17,18,19). The first-order valence-electron chi connectivity index (χ1n) is 6.30. The van der Waals surface area contributed by atoms with E-state index in [-0.39, 0.29) is 11.4 Å². The Bertz CT molecular complexity index is 709. The normalized spacial score (nSPS) is 10.0. The van der Waals surface area contributed by atoms with Crippen molar-refractivity contribution in [1.82, 2.24) is 9.97 Å². The Balaban J connectivity index is 1.75. The highest BCUT2D eigenvalue weighted by atomic mass is 32.2. The molecule has 0 unspecified atom stereocenters. The third-order valence-electron chi connectivity index (χ3n) is 2.50. The largest absolute Gasteiger partial charge is 0.494 e. The van der Waals surface area contributed by atoms with Crippen LogP contribution in [0.1, 0.15) is 12.0 Å². The van der Waals surface area contributed by atoms with Crippen LogP contribution in [-0.2, 0) is 0 Å². The Morgan fingerprint density at radius 3 is 3.05 bits per heavy atom. The van der Waals surface area contributed by atoms with Crippen molar-refractivity contribution >= 4 is 17.6 Å². The molecular weight excluding hydrogens is 288 g/mol. The molecule has 0 spiro atoms. The molecule has 0 aliphatic rings. The molecule has 6 nitrogen and oxygen atoms in total. The summed E-state index contributed by atoms with van der Waals surface area (Å²) in [5.74, 6) is 1.63. The zero-order valence-electron chi connectivity index (χ0n) is 11.2. The van der Waals surface area contributed by atoms with Crippen molar-refractivity contribution in [2.24, 2.45) is 0 Å². The Morgan fingerprint density at radius 1 is 1.43 bits per heavy atom. The van der Waals surface area contributed by atoms with E-state index < -0.39 is 0 Å². The number of nitriles is 1. The Hall–Kier alpha value is -2.46. The van der Waals surface area contributed by atoms with Gasteiger partial charge in [0.05, 0.1) is 18.2 Å². The lowest BCUT2D eigenvalue weighted by molar-refractivity contribution is 0.318. The fourth-order valence-electron chi connectivity index (χ4n) is 1.59. The van der Waals surface area contributed by atoms with E-state index in [0.29, 0.717) is 23.1 Å². The molecule has 0 saturated carbocycles. The molecule has 0 bridgehead atoms. The molecule has 0 radical (unpaired) electrons. The maximum atomic E-state index is 11.2. The van der Waals surface area contributed by atoms with E-state index in [4.69, 9.17) is 15.7 Å². The minimum absolute atomic E-state index is 0.214. The molecule has 0 amide bonds. The SMILES string of the molecule is N#Cc1cccc(OCCCSc2nc(N)cc(=O)[nH]2)c1. The fourth-order valence-corrected chi connectivity index (χ4v) is 2.39. The number of thioether (sulfide) groups is 1. The number of benzene rings is 1. The van der Waals surface area contributed by atoms with Crippen LogP contribution in [0.5, 0.6) is 5.75 Å². The van der Waals surface area contributed by atoms with E-state index in [1.54, 1.807) is 18.2 Å². The maximum Gasteiger partial charge on any atom is 0.253 e. The Labute approximate surface area is 126 Å². The molecule has 0 fully saturated rings. The lowest BCUT2D eigenvalue weighted by Gasteiger charge is -2.06. The van der Waals surface area contributed by atoms with Crippen LogP contribution >= 0.6 is 11.8 Å². The van der Waals surface area contributed by atoms with Crippen LogP contribution in [0, 0.1) is 11.3 Å². The van der Waals surface area contributed by atoms with Crippen molar-refractivity contribution in [3.8, 4) is 11.8 Å². The molecule has 3 N–H and O–H groups in total. The summed E-state index contributed by atoms with van der Waals surface area (Å²) in [5, 5.41) is 9.29. The van der Waals surface area contributed by atoms with E-state index in [2.05, 4.69) is 16.0 Å². The summed E-state index contributed by atoms with van der Waals surface area (Å²) in [5.41, 5.74) is 5.82. The predicted octanol–water partition coefficient (Wildman–Crippen LogP) is 1.78. The monoisotopic (exact) mass is 302 g/mol.